The average Bonchev–Trinajstić information content (AvgIpc) is 2.49. The number of methoxy groups -OCH3 is 1. The number of carbonyl (C=O) groups is 1. The Morgan fingerprint density at radius 2 is 2.05 bits per heavy atom. The Hall–Kier alpha value is -2.07. The molecular formula is C15H14ClNO3. The summed E-state index contributed by atoms with van der Waals surface area (Å²) in [7, 11) is 1.25. The lowest BCUT2D eigenvalue weighted by Gasteiger charge is -2.08. The van der Waals surface area contributed by atoms with E-state index in [-0.39, 0.29) is 12.1 Å². The average molecular weight is 292 g/mol. The highest BCUT2D eigenvalue weighted by molar-refractivity contribution is 6.37. The maximum absolute atomic E-state index is 11.3. The van der Waals surface area contributed by atoms with E-state index in [0.717, 1.165) is 16.3 Å². The second-order valence-corrected chi connectivity index (χ2v) is 4.68. The molecule has 2 aromatic rings. The first-order valence-corrected chi connectivity index (χ1v) is 6.50. The van der Waals surface area contributed by atoms with Gasteiger partial charge in [-0.2, -0.15) is 0 Å². The molecule has 0 fully saturated rings. The zero-order valence-electron chi connectivity index (χ0n) is 11.0. The molecule has 0 aliphatic carbocycles. The molecule has 0 saturated carbocycles. The standard InChI is InChI=1S/C15H14ClNO3/c1-20-15(18)13(17-19)9-8-11-7-6-10-4-2-3-5-12(10)14(11)16/h2-7,19H,8-9H2,1H3. The fourth-order valence-electron chi connectivity index (χ4n) is 2.04. The Morgan fingerprint density at radius 3 is 2.75 bits per heavy atom. The summed E-state index contributed by atoms with van der Waals surface area (Å²) in [4.78, 5) is 11.3. The lowest BCUT2D eigenvalue weighted by Crippen LogP contribution is -2.16. The van der Waals surface area contributed by atoms with Crippen LogP contribution in [0.2, 0.25) is 5.02 Å². The van der Waals surface area contributed by atoms with Crippen molar-refractivity contribution in [3.63, 3.8) is 0 Å². The summed E-state index contributed by atoms with van der Waals surface area (Å²) >= 11 is 6.36. The third-order valence-electron chi connectivity index (χ3n) is 3.12. The van der Waals surface area contributed by atoms with Crippen LogP contribution in [0.3, 0.4) is 0 Å². The molecular weight excluding hydrogens is 278 g/mol. The van der Waals surface area contributed by atoms with Gasteiger partial charge in [0.1, 0.15) is 0 Å². The van der Waals surface area contributed by atoms with Gasteiger partial charge in [-0.15, -0.1) is 0 Å². The predicted molar refractivity (Wildman–Crippen MR) is 78.5 cm³/mol. The third kappa shape index (κ3) is 2.91. The van der Waals surface area contributed by atoms with Crippen LogP contribution in [0.15, 0.2) is 41.6 Å². The maximum Gasteiger partial charge on any atom is 0.355 e. The number of carbonyl (C=O) groups excluding carboxylic acids is 1. The lowest BCUT2D eigenvalue weighted by molar-refractivity contribution is -0.133. The number of hydrogen-bond donors (Lipinski definition) is 1. The molecule has 104 valence electrons. The van der Waals surface area contributed by atoms with Crippen LogP contribution >= 0.6 is 11.6 Å². The van der Waals surface area contributed by atoms with Gasteiger partial charge in [0.2, 0.25) is 0 Å². The van der Waals surface area contributed by atoms with E-state index in [1.807, 2.05) is 36.4 Å². The molecule has 0 heterocycles. The van der Waals surface area contributed by atoms with Crippen molar-refractivity contribution in [2.45, 2.75) is 12.8 Å². The quantitative estimate of drug-likeness (QED) is 0.406. The van der Waals surface area contributed by atoms with E-state index in [1.165, 1.54) is 7.11 Å². The Labute approximate surface area is 121 Å². The van der Waals surface area contributed by atoms with Crippen LogP contribution in [0.4, 0.5) is 0 Å². The van der Waals surface area contributed by atoms with Gasteiger partial charge in [0.25, 0.3) is 0 Å². The number of rotatable bonds is 4. The molecule has 0 unspecified atom stereocenters. The van der Waals surface area contributed by atoms with Crippen LogP contribution in [0.1, 0.15) is 12.0 Å². The smallest absolute Gasteiger partial charge is 0.355 e. The molecule has 1 N–H and O–H groups in total. The van der Waals surface area contributed by atoms with Crippen LogP contribution in [0.5, 0.6) is 0 Å². The Morgan fingerprint density at radius 1 is 1.30 bits per heavy atom. The first-order valence-electron chi connectivity index (χ1n) is 6.12. The number of aryl methyl sites for hydroxylation is 1. The molecule has 0 bridgehead atoms. The number of hydrogen-bond acceptors (Lipinski definition) is 4. The molecule has 5 heteroatoms. The minimum absolute atomic E-state index is 0.0169. The minimum Gasteiger partial charge on any atom is -0.464 e. The summed E-state index contributed by atoms with van der Waals surface area (Å²) in [6.45, 7) is 0. The highest BCUT2D eigenvalue weighted by Gasteiger charge is 2.14. The van der Waals surface area contributed by atoms with E-state index in [0.29, 0.717) is 11.4 Å². The van der Waals surface area contributed by atoms with Gasteiger partial charge in [-0.25, -0.2) is 4.79 Å². The summed E-state index contributed by atoms with van der Waals surface area (Å²) in [5, 5.41) is 14.4. The third-order valence-corrected chi connectivity index (χ3v) is 3.56. The van der Waals surface area contributed by atoms with Crippen molar-refractivity contribution in [1.82, 2.24) is 0 Å². The highest BCUT2D eigenvalue weighted by atomic mass is 35.5. The second kappa shape index (κ2) is 6.39. The lowest BCUT2D eigenvalue weighted by atomic mass is 10.0. The maximum atomic E-state index is 11.3. The summed E-state index contributed by atoms with van der Waals surface area (Å²) in [5.74, 6) is -0.635. The molecule has 0 spiro atoms. The molecule has 0 aromatic heterocycles. The van der Waals surface area contributed by atoms with Crippen molar-refractivity contribution < 1.29 is 14.7 Å². The van der Waals surface area contributed by atoms with Crippen molar-refractivity contribution in [3.05, 3.63) is 47.0 Å². The van der Waals surface area contributed by atoms with Gasteiger partial charge in [-0.1, -0.05) is 53.2 Å². The SMILES string of the molecule is COC(=O)C(CCc1ccc2ccccc2c1Cl)=NO. The molecule has 0 aliphatic heterocycles. The number of benzene rings is 2. The molecule has 20 heavy (non-hydrogen) atoms. The van der Waals surface area contributed by atoms with Gasteiger partial charge in [-0.3, -0.25) is 0 Å². The molecule has 2 rings (SSSR count). The van der Waals surface area contributed by atoms with Crippen molar-refractivity contribution in [2.75, 3.05) is 7.11 Å². The van der Waals surface area contributed by atoms with Crippen LogP contribution < -0.4 is 0 Å². The Balaban J connectivity index is 2.22. The number of esters is 1. The number of oxime groups is 1. The van der Waals surface area contributed by atoms with E-state index < -0.39 is 5.97 Å². The number of fused-ring (bicyclic) bond motifs is 1. The van der Waals surface area contributed by atoms with Crippen LogP contribution in [-0.4, -0.2) is 24.0 Å². The second-order valence-electron chi connectivity index (χ2n) is 4.30. The molecule has 2 aromatic carbocycles. The number of ether oxygens (including phenoxy) is 1. The van der Waals surface area contributed by atoms with Gasteiger partial charge in [0, 0.05) is 11.8 Å². The van der Waals surface area contributed by atoms with Crippen molar-refractivity contribution in [2.24, 2.45) is 5.16 Å². The summed E-state index contributed by atoms with van der Waals surface area (Å²) in [5.41, 5.74) is 0.882. The minimum atomic E-state index is -0.635. The fraction of sp³-hybridized carbons (Fsp3) is 0.200. The number of nitrogens with zero attached hydrogens (tertiary/aromatic N) is 1. The van der Waals surface area contributed by atoms with Crippen molar-refractivity contribution >= 4 is 34.1 Å². The number of halogens is 1. The van der Waals surface area contributed by atoms with E-state index in [1.54, 1.807) is 0 Å². The zero-order valence-corrected chi connectivity index (χ0v) is 11.7. The van der Waals surface area contributed by atoms with Crippen LogP contribution in [0.25, 0.3) is 10.8 Å². The van der Waals surface area contributed by atoms with Crippen molar-refractivity contribution in [1.29, 1.82) is 0 Å². The summed E-state index contributed by atoms with van der Waals surface area (Å²) < 4.78 is 4.53. The molecule has 0 radical (unpaired) electrons. The van der Waals surface area contributed by atoms with Crippen LogP contribution in [0, 0.1) is 0 Å². The largest absolute Gasteiger partial charge is 0.464 e. The zero-order chi connectivity index (χ0) is 14.5. The molecule has 4 nitrogen and oxygen atoms in total. The van der Waals surface area contributed by atoms with Gasteiger partial charge < -0.3 is 9.94 Å². The van der Waals surface area contributed by atoms with Crippen LogP contribution in [-0.2, 0) is 16.0 Å². The topological polar surface area (TPSA) is 58.9 Å². The Kier molecular flexibility index (Phi) is 4.58. The Bertz CT molecular complexity index is 667. The molecule has 0 saturated heterocycles. The highest BCUT2D eigenvalue weighted by Crippen LogP contribution is 2.28. The molecule has 0 aliphatic rings. The molecule has 0 amide bonds. The van der Waals surface area contributed by atoms with Gasteiger partial charge in [-0.05, 0) is 17.4 Å². The van der Waals surface area contributed by atoms with E-state index in [4.69, 9.17) is 16.8 Å². The van der Waals surface area contributed by atoms with E-state index >= 15 is 0 Å². The van der Waals surface area contributed by atoms with Gasteiger partial charge in [0.15, 0.2) is 5.71 Å². The summed E-state index contributed by atoms with van der Waals surface area (Å²) in [6.07, 6.45) is 0.763. The van der Waals surface area contributed by atoms with Gasteiger partial charge >= 0.3 is 5.97 Å². The predicted octanol–water partition coefficient (Wildman–Crippen LogP) is 3.43. The first-order chi connectivity index (χ1) is 9.67. The van der Waals surface area contributed by atoms with E-state index in [9.17, 15) is 4.79 Å². The first kappa shape index (κ1) is 14.3. The fourth-order valence-corrected chi connectivity index (χ4v) is 2.37. The van der Waals surface area contributed by atoms with Gasteiger partial charge in [0.05, 0.1) is 12.1 Å². The normalized spacial score (nSPS) is 11.6. The van der Waals surface area contributed by atoms with Crippen molar-refractivity contribution in [3.8, 4) is 0 Å². The monoisotopic (exact) mass is 291 g/mol. The molecule has 0 atom stereocenters. The summed E-state index contributed by atoms with van der Waals surface area (Å²) in [6, 6.07) is 11.7. The van der Waals surface area contributed by atoms with E-state index in [2.05, 4.69) is 9.89 Å².